The van der Waals surface area contributed by atoms with E-state index in [0.717, 1.165) is 11.1 Å². The molecule has 2 heteroatoms. The fraction of sp³-hybridized carbons (Fsp3) is 0.217. The maximum absolute atomic E-state index is 9.66. The summed E-state index contributed by atoms with van der Waals surface area (Å²) in [4.78, 5) is 0. The third-order valence-corrected chi connectivity index (χ3v) is 5.04. The average Bonchev–Trinajstić information content (AvgIpc) is 2.62. The third kappa shape index (κ3) is 3.25. The van der Waals surface area contributed by atoms with Crippen molar-refractivity contribution in [3.05, 3.63) is 95.1 Å². The van der Waals surface area contributed by atoms with Gasteiger partial charge in [0.05, 0.1) is 0 Å². The molecule has 0 saturated heterocycles. The van der Waals surface area contributed by atoms with Gasteiger partial charge in [0.25, 0.3) is 0 Å². The first kappa shape index (κ1) is 17.1. The van der Waals surface area contributed by atoms with Crippen molar-refractivity contribution in [2.45, 2.75) is 32.1 Å². The maximum atomic E-state index is 9.66. The van der Waals surface area contributed by atoms with E-state index in [4.69, 9.17) is 0 Å². The van der Waals surface area contributed by atoms with Crippen molar-refractivity contribution in [3.8, 4) is 11.5 Å². The zero-order valence-corrected chi connectivity index (χ0v) is 14.9. The molecule has 0 heterocycles. The lowest BCUT2D eigenvalue weighted by atomic mass is 9.71. The number of benzene rings is 3. The number of phenolic OH excluding ortho intramolecular Hbond substituents is 2. The van der Waals surface area contributed by atoms with Gasteiger partial charge in [-0.25, -0.2) is 0 Å². The molecule has 128 valence electrons. The van der Waals surface area contributed by atoms with Gasteiger partial charge in [0.15, 0.2) is 0 Å². The SMILES string of the molecule is CC(C)c1ccc(C(C)(c2ccc(O)cc2)c2ccc(O)cc2)cc1. The number of phenols is 2. The maximum Gasteiger partial charge on any atom is 0.115 e. The van der Waals surface area contributed by atoms with Gasteiger partial charge in [0.1, 0.15) is 11.5 Å². The van der Waals surface area contributed by atoms with E-state index in [2.05, 4.69) is 45.0 Å². The molecule has 25 heavy (non-hydrogen) atoms. The first-order chi connectivity index (χ1) is 11.9. The highest BCUT2D eigenvalue weighted by Gasteiger charge is 2.31. The van der Waals surface area contributed by atoms with Gasteiger partial charge in [-0.3, -0.25) is 0 Å². The van der Waals surface area contributed by atoms with E-state index in [1.807, 2.05) is 24.3 Å². The molecule has 3 aromatic carbocycles. The van der Waals surface area contributed by atoms with Crippen LogP contribution in [-0.4, -0.2) is 10.2 Å². The smallest absolute Gasteiger partial charge is 0.115 e. The number of hydrogen-bond donors (Lipinski definition) is 2. The molecule has 0 atom stereocenters. The van der Waals surface area contributed by atoms with Crippen LogP contribution in [0.1, 0.15) is 48.9 Å². The lowest BCUT2D eigenvalue weighted by molar-refractivity contribution is 0.474. The molecule has 0 spiro atoms. The van der Waals surface area contributed by atoms with Crippen molar-refractivity contribution in [2.75, 3.05) is 0 Å². The minimum atomic E-state index is -0.378. The highest BCUT2D eigenvalue weighted by molar-refractivity contribution is 5.51. The number of rotatable bonds is 4. The van der Waals surface area contributed by atoms with Crippen molar-refractivity contribution < 1.29 is 10.2 Å². The van der Waals surface area contributed by atoms with Crippen LogP contribution < -0.4 is 0 Å². The van der Waals surface area contributed by atoms with Crippen LogP contribution in [-0.2, 0) is 5.41 Å². The van der Waals surface area contributed by atoms with Crippen molar-refractivity contribution in [1.82, 2.24) is 0 Å². The molecule has 0 aliphatic heterocycles. The molecule has 0 aliphatic carbocycles. The van der Waals surface area contributed by atoms with E-state index in [1.165, 1.54) is 11.1 Å². The van der Waals surface area contributed by atoms with E-state index in [1.54, 1.807) is 24.3 Å². The topological polar surface area (TPSA) is 40.5 Å². The molecular weight excluding hydrogens is 308 g/mol. The highest BCUT2D eigenvalue weighted by atomic mass is 16.3. The molecule has 0 radical (unpaired) electrons. The first-order valence-electron chi connectivity index (χ1n) is 8.60. The van der Waals surface area contributed by atoms with Gasteiger partial charge in [-0.15, -0.1) is 0 Å². The fourth-order valence-corrected chi connectivity index (χ4v) is 3.29. The van der Waals surface area contributed by atoms with Crippen LogP contribution in [0.4, 0.5) is 0 Å². The van der Waals surface area contributed by atoms with Gasteiger partial charge >= 0.3 is 0 Å². The van der Waals surface area contributed by atoms with Gasteiger partial charge in [-0.1, -0.05) is 62.4 Å². The zero-order valence-electron chi connectivity index (χ0n) is 14.9. The summed E-state index contributed by atoms with van der Waals surface area (Å²) < 4.78 is 0. The highest BCUT2D eigenvalue weighted by Crippen LogP contribution is 2.40. The molecule has 0 amide bonds. The largest absolute Gasteiger partial charge is 0.508 e. The summed E-state index contributed by atoms with van der Waals surface area (Å²) in [6.45, 7) is 6.55. The van der Waals surface area contributed by atoms with Crippen molar-refractivity contribution in [1.29, 1.82) is 0 Å². The van der Waals surface area contributed by atoms with E-state index >= 15 is 0 Å². The Morgan fingerprint density at radius 3 is 1.24 bits per heavy atom. The van der Waals surface area contributed by atoms with Crippen LogP contribution in [0.5, 0.6) is 11.5 Å². The summed E-state index contributed by atoms with van der Waals surface area (Å²) in [5.74, 6) is 1.00. The van der Waals surface area contributed by atoms with Gasteiger partial charge in [-0.2, -0.15) is 0 Å². The summed E-state index contributed by atoms with van der Waals surface area (Å²) in [6, 6.07) is 23.4. The Kier molecular flexibility index (Phi) is 4.54. The Morgan fingerprint density at radius 1 is 0.600 bits per heavy atom. The molecule has 0 fully saturated rings. The van der Waals surface area contributed by atoms with Gasteiger partial charge in [0, 0.05) is 5.41 Å². The number of hydrogen-bond acceptors (Lipinski definition) is 2. The van der Waals surface area contributed by atoms with Gasteiger partial charge < -0.3 is 10.2 Å². The van der Waals surface area contributed by atoms with Gasteiger partial charge in [-0.05, 0) is 59.4 Å². The van der Waals surface area contributed by atoms with Crippen LogP contribution >= 0.6 is 0 Å². The molecule has 3 rings (SSSR count). The minimum absolute atomic E-state index is 0.256. The van der Waals surface area contributed by atoms with E-state index in [0.29, 0.717) is 5.92 Å². The van der Waals surface area contributed by atoms with E-state index in [-0.39, 0.29) is 16.9 Å². The van der Waals surface area contributed by atoms with E-state index < -0.39 is 0 Å². The first-order valence-corrected chi connectivity index (χ1v) is 8.60. The van der Waals surface area contributed by atoms with Crippen molar-refractivity contribution in [2.24, 2.45) is 0 Å². The monoisotopic (exact) mass is 332 g/mol. The van der Waals surface area contributed by atoms with Crippen LogP contribution in [0.25, 0.3) is 0 Å². The molecule has 0 bridgehead atoms. The lowest BCUT2D eigenvalue weighted by Gasteiger charge is -2.32. The van der Waals surface area contributed by atoms with Gasteiger partial charge in [0.2, 0.25) is 0 Å². The second-order valence-corrected chi connectivity index (χ2v) is 7.00. The van der Waals surface area contributed by atoms with Crippen LogP contribution in [0, 0.1) is 0 Å². The molecule has 0 unspecified atom stereocenters. The summed E-state index contributed by atoms with van der Waals surface area (Å²) in [7, 11) is 0. The Hall–Kier alpha value is -2.74. The minimum Gasteiger partial charge on any atom is -0.508 e. The molecule has 0 saturated carbocycles. The van der Waals surface area contributed by atoms with Crippen molar-refractivity contribution in [3.63, 3.8) is 0 Å². The van der Waals surface area contributed by atoms with E-state index in [9.17, 15) is 10.2 Å². The Bertz CT molecular complexity index is 783. The normalized spacial score (nSPS) is 11.7. The van der Waals surface area contributed by atoms with Crippen LogP contribution in [0.15, 0.2) is 72.8 Å². The molecule has 2 nitrogen and oxygen atoms in total. The van der Waals surface area contributed by atoms with Crippen LogP contribution in [0.2, 0.25) is 0 Å². The summed E-state index contributed by atoms with van der Waals surface area (Å²) in [5.41, 5.74) is 4.29. The Morgan fingerprint density at radius 2 is 0.920 bits per heavy atom. The molecule has 0 aliphatic rings. The second kappa shape index (κ2) is 6.64. The second-order valence-electron chi connectivity index (χ2n) is 7.00. The quantitative estimate of drug-likeness (QED) is 0.613. The predicted octanol–water partition coefficient (Wildman–Crippen LogP) is 5.58. The zero-order chi connectivity index (χ0) is 18.0. The standard InChI is InChI=1S/C23H24O2/c1-16(2)17-4-6-18(7-5-17)23(3,19-8-12-21(24)13-9-19)20-10-14-22(25)15-11-20/h4-16,24-25H,1-3H3. The molecule has 3 aromatic rings. The predicted molar refractivity (Wildman–Crippen MR) is 102 cm³/mol. The summed E-state index contributed by atoms with van der Waals surface area (Å²) >= 11 is 0. The summed E-state index contributed by atoms with van der Waals surface area (Å²) in [5, 5.41) is 19.3. The summed E-state index contributed by atoms with van der Waals surface area (Å²) in [6.07, 6.45) is 0. The average molecular weight is 332 g/mol. The number of aromatic hydroxyl groups is 2. The Balaban J connectivity index is 2.17. The Labute approximate surface area is 149 Å². The van der Waals surface area contributed by atoms with Crippen molar-refractivity contribution >= 4 is 0 Å². The molecule has 2 N–H and O–H groups in total. The molecular formula is C23H24O2. The van der Waals surface area contributed by atoms with Crippen LogP contribution in [0.3, 0.4) is 0 Å². The fourth-order valence-electron chi connectivity index (χ4n) is 3.29. The third-order valence-electron chi connectivity index (χ3n) is 5.04. The molecule has 0 aromatic heterocycles. The lowest BCUT2D eigenvalue weighted by Crippen LogP contribution is -2.25.